The molecule has 0 aliphatic carbocycles. The summed E-state index contributed by atoms with van der Waals surface area (Å²) in [7, 11) is 1.64. The summed E-state index contributed by atoms with van der Waals surface area (Å²) >= 11 is 0. The van der Waals surface area contributed by atoms with Gasteiger partial charge in [-0.1, -0.05) is 49.4 Å². The average molecular weight is 390 g/mol. The van der Waals surface area contributed by atoms with Gasteiger partial charge in [-0.15, -0.1) is 0 Å². The van der Waals surface area contributed by atoms with Gasteiger partial charge in [0, 0.05) is 5.69 Å². The summed E-state index contributed by atoms with van der Waals surface area (Å²) in [6.45, 7) is 3.81. The number of carbonyl (C=O) groups excluding carboxylic acids is 2. The lowest BCUT2D eigenvalue weighted by atomic mass is 9.97. The summed E-state index contributed by atoms with van der Waals surface area (Å²) in [5.41, 5.74) is 2.75. The van der Waals surface area contributed by atoms with E-state index in [-0.39, 0.29) is 24.3 Å². The quantitative estimate of drug-likeness (QED) is 0.633. The van der Waals surface area contributed by atoms with Crippen LogP contribution in [0.1, 0.15) is 30.9 Å². The van der Waals surface area contributed by atoms with Crippen molar-refractivity contribution in [2.75, 3.05) is 19.0 Å². The molecule has 0 radical (unpaired) electrons. The van der Waals surface area contributed by atoms with Crippen LogP contribution in [-0.2, 0) is 16.0 Å². The fourth-order valence-corrected chi connectivity index (χ4v) is 3.26. The number of carbonyl (C=O) groups is 2. The van der Waals surface area contributed by atoms with Crippen molar-refractivity contribution < 1.29 is 14.3 Å². The number of hydrogen-bond acceptors (Lipinski definition) is 3. The number of nitrogens with one attached hydrogen (secondary N) is 2. The molecule has 2 N–H and O–H groups in total. The maximum absolute atomic E-state index is 12.5. The fraction of sp³-hybridized carbons (Fsp3) is 0.250. The lowest BCUT2D eigenvalue weighted by Crippen LogP contribution is -2.35. The highest BCUT2D eigenvalue weighted by Gasteiger charge is 2.17. The zero-order valence-electron chi connectivity index (χ0n) is 17.0. The Morgan fingerprint density at radius 1 is 1.00 bits per heavy atom. The Balaban J connectivity index is 1.61. The first-order chi connectivity index (χ1) is 14.0. The third-order valence-corrected chi connectivity index (χ3v) is 5.06. The molecule has 0 aliphatic rings. The Labute approximate surface area is 171 Å². The van der Waals surface area contributed by atoms with Crippen LogP contribution in [0.15, 0.2) is 60.7 Å². The molecule has 2 amide bonds. The van der Waals surface area contributed by atoms with E-state index in [4.69, 9.17) is 4.74 Å². The molecule has 5 heteroatoms. The van der Waals surface area contributed by atoms with E-state index in [1.54, 1.807) is 7.11 Å². The number of ether oxygens (including phenoxy) is 1. The zero-order valence-corrected chi connectivity index (χ0v) is 17.0. The van der Waals surface area contributed by atoms with E-state index in [0.29, 0.717) is 0 Å². The topological polar surface area (TPSA) is 67.4 Å². The second-order valence-corrected chi connectivity index (χ2v) is 6.97. The first-order valence-corrected chi connectivity index (χ1v) is 9.75. The number of aryl methyl sites for hydroxylation is 1. The second-order valence-electron chi connectivity index (χ2n) is 6.97. The van der Waals surface area contributed by atoms with Crippen molar-refractivity contribution in [3.63, 3.8) is 0 Å². The van der Waals surface area contributed by atoms with Crippen LogP contribution in [0.3, 0.4) is 0 Å². The summed E-state index contributed by atoms with van der Waals surface area (Å²) in [4.78, 5) is 24.8. The maximum atomic E-state index is 12.5. The van der Waals surface area contributed by atoms with E-state index >= 15 is 0 Å². The Kier molecular flexibility index (Phi) is 6.50. The molecular weight excluding hydrogens is 364 g/mol. The molecule has 150 valence electrons. The molecule has 5 nitrogen and oxygen atoms in total. The van der Waals surface area contributed by atoms with Crippen LogP contribution in [0.5, 0.6) is 5.75 Å². The van der Waals surface area contributed by atoms with E-state index in [2.05, 4.69) is 10.6 Å². The lowest BCUT2D eigenvalue weighted by Gasteiger charge is -2.14. The third-order valence-electron chi connectivity index (χ3n) is 5.06. The lowest BCUT2D eigenvalue weighted by molar-refractivity contribution is -0.125. The predicted molar refractivity (Wildman–Crippen MR) is 116 cm³/mol. The maximum Gasteiger partial charge on any atom is 0.243 e. The van der Waals surface area contributed by atoms with Crippen molar-refractivity contribution >= 4 is 28.3 Å². The van der Waals surface area contributed by atoms with Gasteiger partial charge in [-0.2, -0.15) is 0 Å². The molecule has 3 aromatic rings. The minimum Gasteiger partial charge on any atom is -0.497 e. The van der Waals surface area contributed by atoms with Crippen molar-refractivity contribution in [3.05, 3.63) is 71.8 Å². The molecule has 0 heterocycles. The summed E-state index contributed by atoms with van der Waals surface area (Å²) in [5, 5.41) is 7.69. The van der Waals surface area contributed by atoms with E-state index in [9.17, 15) is 9.59 Å². The monoisotopic (exact) mass is 390 g/mol. The highest BCUT2D eigenvalue weighted by atomic mass is 16.5. The van der Waals surface area contributed by atoms with Crippen LogP contribution in [0.4, 0.5) is 5.69 Å². The number of hydrogen-bond donors (Lipinski definition) is 2. The minimum atomic E-state index is -0.364. The van der Waals surface area contributed by atoms with Crippen molar-refractivity contribution in [2.45, 2.75) is 26.2 Å². The average Bonchev–Trinajstić information content (AvgIpc) is 2.76. The molecule has 0 spiro atoms. The number of benzene rings is 3. The number of methoxy groups -OCH3 is 1. The first-order valence-electron chi connectivity index (χ1n) is 9.75. The highest BCUT2D eigenvalue weighted by Crippen LogP contribution is 2.25. The van der Waals surface area contributed by atoms with Gasteiger partial charge in [0.25, 0.3) is 0 Å². The summed E-state index contributed by atoms with van der Waals surface area (Å²) in [6.07, 6.45) is 0.827. The molecule has 3 rings (SSSR count). The number of rotatable bonds is 7. The van der Waals surface area contributed by atoms with Crippen LogP contribution in [-0.4, -0.2) is 25.5 Å². The number of para-hydroxylation sites is 1. The SMILES string of the molecule is CCc1ccccc1NC(=O)CNC(=O)[C@H](C)c1ccc2cc(OC)ccc2c1. The van der Waals surface area contributed by atoms with E-state index < -0.39 is 0 Å². The van der Waals surface area contributed by atoms with Gasteiger partial charge in [-0.25, -0.2) is 0 Å². The summed E-state index contributed by atoms with van der Waals surface area (Å²) in [6, 6.07) is 19.4. The van der Waals surface area contributed by atoms with Gasteiger partial charge in [0.15, 0.2) is 0 Å². The fourth-order valence-electron chi connectivity index (χ4n) is 3.26. The summed E-state index contributed by atoms with van der Waals surface area (Å²) < 4.78 is 5.25. The molecule has 1 atom stereocenters. The molecular formula is C24H26N2O3. The van der Waals surface area contributed by atoms with E-state index in [1.165, 1.54) is 0 Å². The largest absolute Gasteiger partial charge is 0.497 e. The van der Waals surface area contributed by atoms with Crippen molar-refractivity contribution in [1.82, 2.24) is 5.32 Å². The standard InChI is InChI=1S/C24H26N2O3/c1-4-17-7-5-6-8-22(17)26-23(27)15-25-24(28)16(2)18-9-10-20-14-21(29-3)12-11-19(20)13-18/h5-14,16H,4,15H2,1-3H3,(H,25,28)(H,26,27)/t16-/m1/s1. The Hall–Kier alpha value is -3.34. The van der Waals surface area contributed by atoms with Gasteiger partial charge >= 0.3 is 0 Å². The van der Waals surface area contributed by atoms with Gasteiger partial charge in [0.05, 0.1) is 19.6 Å². The molecule has 0 bridgehead atoms. The van der Waals surface area contributed by atoms with Crippen LogP contribution >= 0.6 is 0 Å². The Morgan fingerprint density at radius 3 is 2.48 bits per heavy atom. The molecule has 0 aromatic heterocycles. The smallest absolute Gasteiger partial charge is 0.243 e. The zero-order chi connectivity index (χ0) is 20.8. The number of fused-ring (bicyclic) bond motifs is 1. The molecule has 3 aromatic carbocycles. The third kappa shape index (κ3) is 4.93. The molecule has 0 unspecified atom stereocenters. The minimum absolute atomic E-state index is 0.0635. The molecule has 29 heavy (non-hydrogen) atoms. The molecule has 0 saturated heterocycles. The van der Waals surface area contributed by atoms with Crippen molar-refractivity contribution in [3.8, 4) is 5.75 Å². The van der Waals surface area contributed by atoms with Gasteiger partial charge in [-0.3, -0.25) is 9.59 Å². The molecule has 0 fully saturated rings. The van der Waals surface area contributed by atoms with Crippen molar-refractivity contribution in [2.24, 2.45) is 0 Å². The van der Waals surface area contributed by atoms with Crippen LogP contribution in [0, 0.1) is 0 Å². The van der Waals surface area contributed by atoms with Gasteiger partial charge < -0.3 is 15.4 Å². The number of amides is 2. The Bertz CT molecular complexity index is 1030. The molecule has 0 saturated carbocycles. The van der Waals surface area contributed by atoms with Crippen LogP contribution in [0.25, 0.3) is 10.8 Å². The second kappa shape index (κ2) is 9.24. The molecule has 0 aliphatic heterocycles. The van der Waals surface area contributed by atoms with E-state index in [1.807, 2.05) is 74.5 Å². The normalized spacial score (nSPS) is 11.7. The first kappa shape index (κ1) is 20.4. The predicted octanol–water partition coefficient (Wildman–Crippen LogP) is 4.27. The van der Waals surface area contributed by atoms with E-state index in [0.717, 1.165) is 39.8 Å². The van der Waals surface area contributed by atoms with Crippen LogP contribution < -0.4 is 15.4 Å². The van der Waals surface area contributed by atoms with Gasteiger partial charge in [0.1, 0.15) is 5.75 Å². The van der Waals surface area contributed by atoms with Crippen LogP contribution in [0.2, 0.25) is 0 Å². The summed E-state index contributed by atoms with van der Waals surface area (Å²) in [5.74, 6) is 0.0118. The van der Waals surface area contributed by atoms with Gasteiger partial charge in [-0.05, 0) is 53.4 Å². The Morgan fingerprint density at radius 2 is 1.72 bits per heavy atom. The highest BCUT2D eigenvalue weighted by molar-refractivity contribution is 5.96. The van der Waals surface area contributed by atoms with Gasteiger partial charge in [0.2, 0.25) is 11.8 Å². The van der Waals surface area contributed by atoms with Crippen molar-refractivity contribution in [1.29, 1.82) is 0 Å². The number of anilines is 1.